The molecule has 9 nitrogen and oxygen atoms in total. The molecule has 1 aromatic carbocycles. The number of piperazine rings is 1. The van der Waals surface area contributed by atoms with Gasteiger partial charge in [0.2, 0.25) is 0 Å². The Hall–Kier alpha value is -3.62. The average molecular weight is 437 g/mol. The monoisotopic (exact) mass is 436 g/mol. The second-order valence-electron chi connectivity index (χ2n) is 7.80. The first-order valence-corrected chi connectivity index (χ1v) is 10.6. The van der Waals surface area contributed by atoms with Crippen LogP contribution in [0.5, 0.6) is 11.5 Å². The van der Waals surface area contributed by atoms with Crippen molar-refractivity contribution in [3.8, 4) is 17.3 Å². The van der Waals surface area contributed by atoms with Crippen LogP contribution in [-0.4, -0.2) is 70.5 Å². The van der Waals surface area contributed by atoms with E-state index in [1.165, 1.54) is 0 Å². The Morgan fingerprint density at radius 1 is 0.938 bits per heavy atom. The molecule has 1 fully saturated rings. The fourth-order valence-corrected chi connectivity index (χ4v) is 3.76. The summed E-state index contributed by atoms with van der Waals surface area (Å²) >= 11 is 0. The molecule has 32 heavy (non-hydrogen) atoms. The highest BCUT2D eigenvalue weighted by molar-refractivity contribution is 5.78. The largest absolute Gasteiger partial charge is 0.497 e. The van der Waals surface area contributed by atoms with E-state index in [2.05, 4.69) is 20.0 Å². The Labute approximate surface area is 187 Å². The zero-order valence-electron chi connectivity index (χ0n) is 18.9. The van der Waals surface area contributed by atoms with Crippen LogP contribution in [0.25, 0.3) is 5.82 Å². The van der Waals surface area contributed by atoms with Gasteiger partial charge in [-0.05, 0) is 51.1 Å². The molecule has 0 unspecified atom stereocenters. The number of hydrogen-bond donors (Lipinski definition) is 0. The fraction of sp³-hybridized carbons (Fsp3) is 0.391. The molecule has 1 saturated heterocycles. The number of anilines is 1. The van der Waals surface area contributed by atoms with E-state index in [-0.39, 0.29) is 12.5 Å². The van der Waals surface area contributed by atoms with Gasteiger partial charge in [-0.25, -0.2) is 14.6 Å². The molecular formula is C23H28N6O3. The maximum Gasteiger partial charge on any atom is 0.260 e. The minimum atomic E-state index is -0.0253. The van der Waals surface area contributed by atoms with E-state index in [1.807, 2.05) is 54.6 Å². The lowest BCUT2D eigenvalue weighted by Crippen LogP contribution is -2.50. The smallest absolute Gasteiger partial charge is 0.260 e. The molecule has 0 bridgehead atoms. The van der Waals surface area contributed by atoms with E-state index in [9.17, 15) is 4.79 Å². The normalized spacial score (nSPS) is 13.9. The molecule has 4 rings (SSSR count). The lowest BCUT2D eigenvalue weighted by Gasteiger charge is -2.35. The van der Waals surface area contributed by atoms with Gasteiger partial charge in [-0.3, -0.25) is 4.79 Å². The van der Waals surface area contributed by atoms with E-state index in [0.717, 1.165) is 28.8 Å². The van der Waals surface area contributed by atoms with Gasteiger partial charge in [-0.15, -0.1) is 0 Å². The molecule has 0 spiro atoms. The van der Waals surface area contributed by atoms with Crippen molar-refractivity contribution in [1.82, 2.24) is 24.6 Å². The van der Waals surface area contributed by atoms with Gasteiger partial charge in [-0.2, -0.15) is 5.10 Å². The van der Waals surface area contributed by atoms with E-state index in [4.69, 9.17) is 9.47 Å². The molecule has 1 amide bonds. The third-order valence-corrected chi connectivity index (χ3v) is 5.42. The van der Waals surface area contributed by atoms with E-state index in [0.29, 0.717) is 37.8 Å². The number of carbonyl (C=O) groups is 1. The van der Waals surface area contributed by atoms with Crippen LogP contribution in [0, 0.1) is 20.8 Å². The third kappa shape index (κ3) is 4.82. The van der Waals surface area contributed by atoms with Crippen LogP contribution in [0.2, 0.25) is 0 Å². The Bertz CT molecular complexity index is 1090. The van der Waals surface area contributed by atoms with Crippen molar-refractivity contribution in [2.45, 2.75) is 20.8 Å². The number of hydrogen-bond acceptors (Lipinski definition) is 7. The van der Waals surface area contributed by atoms with Crippen LogP contribution in [0.3, 0.4) is 0 Å². The van der Waals surface area contributed by atoms with Crippen molar-refractivity contribution in [1.29, 1.82) is 0 Å². The summed E-state index contributed by atoms with van der Waals surface area (Å²) in [4.78, 5) is 25.8. The molecule has 9 heteroatoms. The first-order chi connectivity index (χ1) is 15.4. The Morgan fingerprint density at radius 2 is 1.59 bits per heavy atom. The van der Waals surface area contributed by atoms with Crippen molar-refractivity contribution in [2.24, 2.45) is 0 Å². The van der Waals surface area contributed by atoms with Crippen molar-refractivity contribution in [3.63, 3.8) is 0 Å². The molecule has 168 valence electrons. The summed E-state index contributed by atoms with van der Waals surface area (Å²) < 4.78 is 12.6. The minimum absolute atomic E-state index is 0.0149. The standard InChI is InChI=1S/C23H28N6O3/c1-16-13-17(2)29(26-16)22-14-21(24-18(3)25-22)27-9-11-28(12-10-27)23(30)15-32-20-7-5-19(31-4)6-8-20/h5-8,13-14H,9-12,15H2,1-4H3. The lowest BCUT2D eigenvalue weighted by atomic mass is 10.3. The molecule has 2 aromatic heterocycles. The van der Waals surface area contributed by atoms with Gasteiger partial charge in [0.25, 0.3) is 5.91 Å². The summed E-state index contributed by atoms with van der Waals surface area (Å²) in [6.45, 7) is 8.49. The molecule has 1 aliphatic heterocycles. The summed E-state index contributed by atoms with van der Waals surface area (Å²) in [5.41, 5.74) is 1.98. The van der Waals surface area contributed by atoms with E-state index in [1.54, 1.807) is 19.2 Å². The predicted octanol–water partition coefficient (Wildman–Crippen LogP) is 2.32. The second-order valence-corrected chi connectivity index (χ2v) is 7.80. The molecule has 0 aliphatic carbocycles. The van der Waals surface area contributed by atoms with Crippen molar-refractivity contribution < 1.29 is 14.3 Å². The summed E-state index contributed by atoms with van der Waals surface area (Å²) in [5.74, 6) is 3.66. The average Bonchev–Trinajstić information content (AvgIpc) is 3.15. The van der Waals surface area contributed by atoms with Gasteiger partial charge in [0.05, 0.1) is 12.8 Å². The number of aryl methyl sites for hydroxylation is 3. The van der Waals surface area contributed by atoms with Gasteiger partial charge in [-0.1, -0.05) is 0 Å². The maximum absolute atomic E-state index is 12.6. The number of methoxy groups -OCH3 is 1. The fourth-order valence-electron chi connectivity index (χ4n) is 3.76. The van der Waals surface area contributed by atoms with Crippen LogP contribution >= 0.6 is 0 Å². The summed E-state index contributed by atoms with van der Waals surface area (Å²) in [5, 5.41) is 4.53. The zero-order valence-corrected chi connectivity index (χ0v) is 18.9. The number of amides is 1. The van der Waals surface area contributed by atoms with Gasteiger partial charge in [0.1, 0.15) is 23.1 Å². The number of rotatable bonds is 6. The predicted molar refractivity (Wildman–Crippen MR) is 121 cm³/mol. The summed E-state index contributed by atoms with van der Waals surface area (Å²) in [7, 11) is 1.61. The van der Waals surface area contributed by atoms with Gasteiger partial charge >= 0.3 is 0 Å². The third-order valence-electron chi connectivity index (χ3n) is 5.42. The highest BCUT2D eigenvalue weighted by Crippen LogP contribution is 2.20. The quantitative estimate of drug-likeness (QED) is 0.586. The zero-order chi connectivity index (χ0) is 22.7. The number of nitrogens with zero attached hydrogens (tertiary/aromatic N) is 6. The summed E-state index contributed by atoms with van der Waals surface area (Å²) in [6, 6.07) is 11.2. The molecular weight excluding hydrogens is 408 g/mol. The Kier molecular flexibility index (Phi) is 6.25. The first-order valence-electron chi connectivity index (χ1n) is 10.6. The van der Waals surface area contributed by atoms with E-state index >= 15 is 0 Å². The van der Waals surface area contributed by atoms with Crippen LogP contribution in [0.15, 0.2) is 36.4 Å². The van der Waals surface area contributed by atoms with E-state index < -0.39 is 0 Å². The van der Waals surface area contributed by atoms with Crippen LogP contribution in [0.1, 0.15) is 17.2 Å². The van der Waals surface area contributed by atoms with Gasteiger partial charge in [0, 0.05) is 37.9 Å². The van der Waals surface area contributed by atoms with Gasteiger partial charge < -0.3 is 19.3 Å². The topological polar surface area (TPSA) is 85.6 Å². The molecule has 3 heterocycles. The van der Waals surface area contributed by atoms with Crippen molar-refractivity contribution in [2.75, 3.05) is 44.8 Å². The van der Waals surface area contributed by atoms with Crippen LogP contribution in [0.4, 0.5) is 5.82 Å². The minimum Gasteiger partial charge on any atom is -0.497 e. The Balaban J connectivity index is 1.36. The number of ether oxygens (including phenoxy) is 2. The molecule has 0 atom stereocenters. The highest BCUT2D eigenvalue weighted by Gasteiger charge is 2.23. The Morgan fingerprint density at radius 3 is 2.22 bits per heavy atom. The SMILES string of the molecule is COc1ccc(OCC(=O)N2CCN(c3cc(-n4nc(C)cc4C)nc(C)n3)CC2)cc1. The second kappa shape index (κ2) is 9.25. The molecule has 0 N–H and O–H groups in total. The van der Waals surface area contributed by atoms with Crippen LogP contribution < -0.4 is 14.4 Å². The first kappa shape index (κ1) is 21.6. The van der Waals surface area contributed by atoms with Crippen molar-refractivity contribution in [3.05, 3.63) is 53.6 Å². The highest BCUT2D eigenvalue weighted by atomic mass is 16.5. The van der Waals surface area contributed by atoms with Gasteiger partial charge in [0.15, 0.2) is 12.4 Å². The number of aromatic nitrogens is 4. The maximum atomic E-state index is 12.6. The molecule has 0 radical (unpaired) electrons. The lowest BCUT2D eigenvalue weighted by molar-refractivity contribution is -0.133. The molecule has 1 aliphatic rings. The van der Waals surface area contributed by atoms with Crippen molar-refractivity contribution >= 4 is 11.7 Å². The number of carbonyl (C=O) groups excluding carboxylic acids is 1. The summed E-state index contributed by atoms with van der Waals surface area (Å²) in [6.07, 6.45) is 0. The number of benzene rings is 1. The van der Waals surface area contributed by atoms with Crippen LogP contribution in [-0.2, 0) is 4.79 Å². The molecule has 0 saturated carbocycles. The molecule has 3 aromatic rings.